The highest BCUT2D eigenvalue weighted by molar-refractivity contribution is 9.10. The van der Waals surface area contributed by atoms with Crippen molar-refractivity contribution in [2.75, 3.05) is 19.3 Å². The van der Waals surface area contributed by atoms with Gasteiger partial charge in [0.05, 0.1) is 22.0 Å². The van der Waals surface area contributed by atoms with Gasteiger partial charge < -0.3 is 4.90 Å². The number of nitrogens with zero attached hydrogens (tertiary/aromatic N) is 2. The summed E-state index contributed by atoms with van der Waals surface area (Å²) in [7, 11) is 1.81. The Kier molecular flexibility index (Phi) is 3.84. The molecule has 0 N–H and O–H groups in total. The summed E-state index contributed by atoms with van der Waals surface area (Å²) >= 11 is 5.14. The van der Waals surface area contributed by atoms with Crippen LogP contribution in [-0.4, -0.2) is 41.1 Å². The van der Waals surface area contributed by atoms with E-state index in [1.807, 2.05) is 24.9 Å². The lowest BCUT2D eigenvalue weighted by molar-refractivity contribution is -0.124. The van der Waals surface area contributed by atoms with Crippen LogP contribution in [0.5, 0.6) is 0 Å². The Morgan fingerprint density at radius 3 is 3.04 bits per heavy atom. The first kappa shape index (κ1) is 15.4. The Hall–Kier alpha value is -1.14. The van der Waals surface area contributed by atoms with Gasteiger partial charge in [-0.25, -0.2) is 4.39 Å². The molecule has 0 aliphatic carbocycles. The van der Waals surface area contributed by atoms with E-state index in [1.54, 1.807) is 11.0 Å². The molecule has 1 saturated heterocycles. The lowest BCUT2D eigenvalue weighted by Crippen LogP contribution is -2.35. The van der Waals surface area contributed by atoms with Crippen LogP contribution in [0.25, 0.3) is 0 Å². The maximum atomic E-state index is 13.6. The van der Waals surface area contributed by atoms with Crippen molar-refractivity contribution in [3.8, 4) is 0 Å². The predicted molar refractivity (Wildman–Crippen MR) is 94.4 cm³/mol. The molecule has 2 unspecified atom stereocenters. The normalized spacial score (nSPS) is 27.0. The summed E-state index contributed by atoms with van der Waals surface area (Å²) in [5.74, 6) is 0.824. The van der Waals surface area contributed by atoms with Gasteiger partial charge in [0.1, 0.15) is 5.82 Å². The number of hydrogen-bond acceptors (Lipinski definition) is 3. The summed E-state index contributed by atoms with van der Waals surface area (Å²) in [6.45, 7) is 0.577. The summed E-state index contributed by atoms with van der Waals surface area (Å²) in [6, 6.07) is 5.09. The Bertz CT molecular complexity index is 761. The van der Waals surface area contributed by atoms with E-state index >= 15 is 0 Å². The summed E-state index contributed by atoms with van der Waals surface area (Å²) in [6.07, 6.45) is 2.12. The van der Waals surface area contributed by atoms with Crippen molar-refractivity contribution in [3.63, 3.8) is 0 Å². The van der Waals surface area contributed by atoms with E-state index in [-0.39, 0.29) is 22.9 Å². The van der Waals surface area contributed by atoms with E-state index in [0.717, 1.165) is 35.4 Å². The zero-order valence-electron chi connectivity index (χ0n) is 12.7. The number of thioether (sulfide) groups is 1. The van der Waals surface area contributed by atoms with Gasteiger partial charge in [0.25, 0.3) is 5.91 Å². The van der Waals surface area contributed by atoms with Gasteiger partial charge in [0.2, 0.25) is 0 Å². The number of likely N-dealkylation sites (N-methyl/N-ethyl adjacent to an activating group) is 1. The van der Waals surface area contributed by atoms with Gasteiger partial charge in [0.15, 0.2) is 0 Å². The third-order valence-corrected chi connectivity index (χ3v) is 6.71. The van der Waals surface area contributed by atoms with E-state index in [4.69, 9.17) is 4.99 Å². The monoisotopic (exact) mass is 394 g/mol. The van der Waals surface area contributed by atoms with E-state index in [2.05, 4.69) is 15.9 Å². The van der Waals surface area contributed by atoms with Crippen molar-refractivity contribution >= 4 is 39.3 Å². The third-order valence-electron chi connectivity index (χ3n) is 4.67. The van der Waals surface area contributed by atoms with Crippen molar-refractivity contribution in [1.82, 2.24) is 4.90 Å². The van der Waals surface area contributed by atoms with Gasteiger partial charge in [0, 0.05) is 24.3 Å². The largest absolute Gasteiger partial charge is 0.336 e. The average molecular weight is 395 g/mol. The lowest BCUT2D eigenvalue weighted by Gasteiger charge is -2.35. The Morgan fingerprint density at radius 2 is 2.26 bits per heavy atom. The molecule has 2 atom stereocenters. The topological polar surface area (TPSA) is 32.7 Å². The molecule has 1 aromatic rings. The van der Waals surface area contributed by atoms with Crippen LogP contribution in [0.3, 0.4) is 0 Å². The predicted octanol–water partition coefficient (Wildman–Crippen LogP) is 3.75. The molecular weight excluding hydrogens is 379 g/mol. The molecule has 3 aliphatic rings. The van der Waals surface area contributed by atoms with Gasteiger partial charge >= 0.3 is 0 Å². The van der Waals surface area contributed by atoms with Crippen LogP contribution in [0.2, 0.25) is 0 Å². The van der Waals surface area contributed by atoms with Crippen molar-refractivity contribution in [2.24, 2.45) is 4.99 Å². The number of carbonyl (C=O) groups excluding carboxylic acids is 1. The van der Waals surface area contributed by atoms with Gasteiger partial charge in [-0.15, -0.1) is 0 Å². The number of aliphatic imine (C=N–C) groups is 1. The molecule has 120 valence electrons. The molecule has 3 heterocycles. The fourth-order valence-corrected chi connectivity index (χ4v) is 5.41. The van der Waals surface area contributed by atoms with Crippen LogP contribution in [-0.2, 0) is 4.79 Å². The van der Waals surface area contributed by atoms with Crippen LogP contribution in [0, 0.1) is 5.82 Å². The number of amides is 1. The molecule has 3 nitrogen and oxygen atoms in total. The average Bonchev–Trinajstić information content (AvgIpc) is 2.82. The number of halogens is 2. The number of carbonyl (C=O) groups is 1. The second-order valence-electron chi connectivity index (χ2n) is 6.17. The summed E-state index contributed by atoms with van der Waals surface area (Å²) in [5, 5.41) is 0.190. The van der Waals surface area contributed by atoms with Crippen LogP contribution in [0.4, 0.5) is 4.39 Å². The second kappa shape index (κ2) is 5.74. The fraction of sp³-hybridized carbons (Fsp3) is 0.412. The third kappa shape index (κ3) is 2.47. The highest BCUT2D eigenvalue weighted by Crippen LogP contribution is 2.46. The van der Waals surface area contributed by atoms with Gasteiger partial charge in [-0.1, -0.05) is 6.07 Å². The van der Waals surface area contributed by atoms with Crippen molar-refractivity contribution < 1.29 is 9.18 Å². The van der Waals surface area contributed by atoms with Crippen molar-refractivity contribution in [1.29, 1.82) is 0 Å². The quantitative estimate of drug-likeness (QED) is 0.726. The first-order chi connectivity index (χ1) is 11.1. The van der Waals surface area contributed by atoms with Crippen molar-refractivity contribution in [2.45, 2.75) is 24.0 Å². The first-order valence-corrected chi connectivity index (χ1v) is 9.53. The van der Waals surface area contributed by atoms with Crippen molar-refractivity contribution in [3.05, 3.63) is 45.3 Å². The molecule has 23 heavy (non-hydrogen) atoms. The van der Waals surface area contributed by atoms with E-state index in [1.165, 1.54) is 11.8 Å². The smallest absolute Gasteiger partial charge is 0.252 e. The molecule has 0 saturated carbocycles. The molecule has 4 rings (SSSR count). The molecule has 0 spiro atoms. The Balaban J connectivity index is 1.86. The Morgan fingerprint density at radius 1 is 1.43 bits per heavy atom. The molecule has 0 radical (unpaired) electrons. The molecule has 1 fully saturated rings. The minimum Gasteiger partial charge on any atom is -0.336 e. The molecular formula is C17H16BrFN2OS. The number of benzene rings is 1. The Labute approximate surface area is 147 Å². The van der Waals surface area contributed by atoms with Gasteiger partial charge in [-0.05, 0) is 52.2 Å². The van der Waals surface area contributed by atoms with E-state index in [9.17, 15) is 9.18 Å². The zero-order valence-corrected chi connectivity index (χ0v) is 15.1. The minimum atomic E-state index is -0.279. The molecule has 1 aromatic carbocycles. The second-order valence-corrected chi connectivity index (χ2v) is 8.27. The summed E-state index contributed by atoms with van der Waals surface area (Å²) in [4.78, 5) is 19.2. The van der Waals surface area contributed by atoms with Crippen LogP contribution in [0.1, 0.15) is 24.3 Å². The van der Waals surface area contributed by atoms with Gasteiger partial charge in [-0.3, -0.25) is 9.79 Å². The number of fused-ring (bicyclic) bond motifs is 1. The fourth-order valence-electron chi connectivity index (χ4n) is 3.60. The SMILES string of the molecule is CN1CC2=C(C1=O)C(c1ccc(F)c(Br)c1)C1SCCCC1=N2. The lowest BCUT2D eigenvalue weighted by atomic mass is 9.82. The highest BCUT2D eigenvalue weighted by Gasteiger charge is 2.44. The highest BCUT2D eigenvalue weighted by atomic mass is 79.9. The van der Waals surface area contributed by atoms with E-state index < -0.39 is 0 Å². The first-order valence-electron chi connectivity index (χ1n) is 7.69. The summed E-state index contributed by atoms with van der Waals surface area (Å²) < 4.78 is 14.1. The minimum absolute atomic E-state index is 0.0304. The molecule has 0 aromatic heterocycles. The van der Waals surface area contributed by atoms with Crippen LogP contribution < -0.4 is 0 Å². The molecule has 3 aliphatic heterocycles. The zero-order chi connectivity index (χ0) is 16.1. The maximum Gasteiger partial charge on any atom is 0.252 e. The molecule has 0 bridgehead atoms. The molecule has 1 amide bonds. The van der Waals surface area contributed by atoms with Crippen LogP contribution >= 0.6 is 27.7 Å². The van der Waals surface area contributed by atoms with Gasteiger partial charge in [-0.2, -0.15) is 11.8 Å². The number of hydrogen-bond donors (Lipinski definition) is 0. The summed E-state index contributed by atoms with van der Waals surface area (Å²) in [5.41, 5.74) is 3.88. The maximum absolute atomic E-state index is 13.6. The number of rotatable bonds is 1. The standard InChI is InChI=1S/C17H16BrFN2OS/c1-21-8-13-15(17(21)22)14(9-4-5-11(19)10(18)7-9)16-12(20-13)3-2-6-23-16/h4-5,7,14,16H,2-3,6,8H2,1H3. The van der Waals surface area contributed by atoms with Crippen LogP contribution in [0.15, 0.2) is 38.9 Å². The molecule has 6 heteroatoms. The van der Waals surface area contributed by atoms with E-state index in [0.29, 0.717) is 11.0 Å².